The van der Waals surface area contributed by atoms with Crippen LogP contribution in [-0.4, -0.2) is 51.6 Å². The molecule has 0 spiro atoms. The monoisotopic (exact) mass is 553 g/mol. The van der Waals surface area contributed by atoms with Gasteiger partial charge in [0, 0.05) is 29.2 Å². The number of amides is 2. The predicted molar refractivity (Wildman–Crippen MR) is 149 cm³/mol. The number of hydrogen-bond donors (Lipinski definition) is 2. The Hall–Kier alpha value is -4.46. The van der Waals surface area contributed by atoms with Crippen molar-refractivity contribution in [3.05, 3.63) is 88.0 Å². The first-order valence-electron chi connectivity index (χ1n) is 14.0. The summed E-state index contributed by atoms with van der Waals surface area (Å²) in [6.45, 7) is 4.00. The highest BCUT2D eigenvalue weighted by atomic mass is 16.5. The molecule has 0 radical (unpaired) electrons. The van der Waals surface area contributed by atoms with Gasteiger partial charge in [-0.15, -0.1) is 0 Å². The molecule has 4 aliphatic rings. The van der Waals surface area contributed by atoms with Crippen molar-refractivity contribution in [3.63, 3.8) is 0 Å². The molecule has 210 valence electrons. The van der Waals surface area contributed by atoms with Crippen molar-refractivity contribution in [3.8, 4) is 17.2 Å². The molecule has 2 N–H and O–H groups in total. The van der Waals surface area contributed by atoms with Gasteiger partial charge < -0.3 is 14.9 Å². The molecular formula is C33H31NO7. The molecule has 0 saturated carbocycles. The summed E-state index contributed by atoms with van der Waals surface area (Å²) in [5.74, 6) is -2.68. The van der Waals surface area contributed by atoms with E-state index < -0.39 is 23.7 Å². The van der Waals surface area contributed by atoms with E-state index in [2.05, 4.69) is 0 Å². The fraction of sp³-hybridized carbons (Fsp3) is 0.333. The van der Waals surface area contributed by atoms with Gasteiger partial charge in [0.1, 0.15) is 5.75 Å². The predicted octanol–water partition coefficient (Wildman–Crippen LogP) is 4.17. The summed E-state index contributed by atoms with van der Waals surface area (Å²) in [7, 11) is 0. The molecule has 1 heterocycles. The molecule has 1 fully saturated rings. The highest BCUT2D eigenvalue weighted by molar-refractivity contribution is 6.23. The Kier molecular flexibility index (Phi) is 6.64. The van der Waals surface area contributed by atoms with Crippen molar-refractivity contribution in [2.24, 2.45) is 17.8 Å². The van der Waals surface area contributed by atoms with E-state index in [1.165, 1.54) is 17.0 Å². The number of Topliss-reactive ketones (excluding diaryl/α,β-unsaturated/α-hetero) is 1. The SMILES string of the molecule is CCOc1cc(C2C3=CCC4C(=O)N(CCc5ccc(O)cc5)C(=O)C4C3CC3=C2C(=O)C(C)=CC3=O)ccc1O. The molecule has 1 saturated heterocycles. The summed E-state index contributed by atoms with van der Waals surface area (Å²) in [4.78, 5) is 55.5. The maximum atomic E-state index is 13.9. The number of carbonyl (C=O) groups excluding carboxylic acids is 4. The Morgan fingerprint density at radius 3 is 2.46 bits per heavy atom. The fourth-order valence-corrected chi connectivity index (χ4v) is 6.91. The maximum absolute atomic E-state index is 13.9. The molecule has 4 atom stereocenters. The lowest BCUT2D eigenvalue weighted by atomic mass is 9.59. The first kappa shape index (κ1) is 26.7. The number of hydrogen-bond acceptors (Lipinski definition) is 7. The molecule has 2 amide bonds. The van der Waals surface area contributed by atoms with Crippen molar-refractivity contribution in [1.82, 2.24) is 4.90 Å². The van der Waals surface area contributed by atoms with E-state index in [-0.39, 0.29) is 53.6 Å². The number of phenols is 2. The number of allylic oxidation sites excluding steroid dienone is 6. The zero-order valence-corrected chi connectivity index (χ0v) is 22.9. The van der Waals surface area contributed by atoms with Crippen molar-refractivity contribution in [2.75, 3.05) is 13.2 Å². The number of ether oxygens (including phenoxy) is 1. The molecule has 2 aromatic rings. The number of likely N-dealkylation sites (tertiary alicyclic amines) is 1. The van der Waals surface area contributed by atoms with Crippen LogP contribution in [-0.2, 0) is 25.6 Å². The van der Waals surface area contributed by atoms with Gasteiger partial charge >= 0.3 is 0 Å². The van der Waals surface area contributed by atoms with E-state index in [4.69, 9.17) is 4.74 Å². The van der Waals surface area contributed by atoms with Crippen LogP contribution in [0.2, 0.25) is 0 Å². The van der Waals surface area contributed by atoms with Gasteiger partial charge in [-0.3, -0.25) is 24.1 Å². The van der Waals surface area contributed by atoms with Crippen LogP contribution in [0.4, 0.5) is 0 Å². The summed E-state index contributed by atoms with van der Waals surface area (Å²) in [5, 5.41) is 19.9. The Morgan fingerprint density at radius 2 is 1.73 bits per heavy atom. The van der Waals surface area contributed by atoms with Gasteiger partial charge in [0.05, 0.1) is 18.4 Å². The molecule has 1 aliphatic heterocycles. The number of fused-ring (bicyclic) bond motifs is 3. The van der Waals surface area contributed by atoms with Crippen LogP contribution >= 0.6 is 0 Å². The minimum Gasteiger partial charge on any atom is -0.508 e. The van der Waals surface area contributed by atoms with Crippen LogP contribution in [0, 0.1) is 17.8 Å². The fourth-order valence-electron chi connectivity index (χ4n) is 6.91. The third-order valence-corrected chi connectivity index (χ3v) is 8.83. The second kappa shape index (κ2) is 10.2. The van der Waals surface area contributed by atoms with Gasteiger partial charge in [-0.1, -0.05) is 29.8 Å². The first-order valence-corrected chi connectivity index (χ1v) is 14.0. The van der Waals surface area contributed by atoms with Crippen molar-refractivity contribution < 1.29 is 34.1 Å². The first-order chi connectivity index (χ1) is 19.7. The van der Waals surface area contributed by atoms with Crippen LogP contribution in [0.15, 0.2) is 76.9 Å². The number of benzene rings is 2. The maximum Gasteiger partial charge on any atom is 0.233 e. The number of imide groups is 1. The Morgan fingerprint density at radius 1 is 0.976 bits per heavy atom. The zero-order valence-electron chi connectivity index (χ0n) is 22.9. The number of phenolic OH excluding ortho intramolecular Hbond substituents is 2. The summed E-state index contributed by atoms with van der Waals surface area (Å²) < 4.78 is 5.63. The average Bonchev–Trinajstić information content (AvgIpc) is 3.20. The quantitative estimate of drug-likeness (QED) is 0.313. The van der Waals surface area contributed by atoms with E-state index in [1.54, 1.807) is 50.2 Å². The Labute approximate surface area is 237 Å². The second-order valence-electron chi connectivity index (χ2n) is 11.1. The lowest BCUT2D eigenvalue weighted by Gasteiger charge is -2.42. The van der Waals surface area contributed by atoms with Crippen LogP contribution in [0.3, 0.4) is 0 Å². The van der Waals surface area contributed by atoms with Crippen LogP contribution in [0.25, 0.3) is 0 Å². The van der Waals surface area contributed by atoms with Crippen molar-refractivity contribution in [1.29, 1.82) is 0 Å². The number of nitrogens with zero attached hydrogens (tertiary/aromatic N) is 1. The summed E-state index contributed by atoms with van der Waals surface area (Å²) in [6.07, 6.45) is 4.39. The van der Waals surface area contributed by atoms with E-state index in [0.717, 1.165) is 11.1 Å². The molecule has 41 heavy (non-hydrogen) atoms. The molecule has 0 aromatic heterocycles. The van der Waals surface area contributed by atoms with E-state index in [0.29, 0.717) is 41.7 Å². The highest BCUT2D eigenvalue weighted by Crippen LogP contribution is 2.55. The molecule has 8 nitrogen and oxygen atoms in total. The number of aromatic hydroxyl groups is 2. The van der Waals surface area contributed by atoms with Gasteiger partial charge in [-0.2, -0.15) is 0 Å². The van der Waals surface area contributed by atoms with Gasteiger partial charge in [-0.25, -0.2) is 0 Å². The third-order valence-electron chi connectivity index (χ3n) is 8.83. The molecule has 3 aliphatic carbocycles. The lowest BCUT2D eigenvalue weighted by Crippen LogP contribution is -2.40. The number of carbonyl (C=O) groups is 4. The van der Waals surface area contributed by atoms with Crippen LogP contribution in [0.5, 0.6) is 17.2 Å². The van der Waals surface area contributed by atoms with Crippen molar-refractivity contribution in [2.45, 2.75) is 39.0 Å². The molecular weight excluding hydrogens is 522 g/mol. The second-order valence-corrected chi connectivity index (χ2v) is 11.1. The largest absolute Gasteiger partial charge is 0.508 e. The molecule has 6 rings (SSSR count). The molecule has 8 heteroatoms. The third kappa shape index (κ3) is 4.38. The smallest absolute Gasteiger partial charge is 0.233 e. The van der Waals surface area contributed by atoms with Crippen molar-refractivity contribution >= 4 is 23.4 Å². The average molecular weight is 554 g/mol. The molecule has 4 unspecified atom stereocenters. The summed E-state index contributed by atoms with van der Waals surface area (Å²) in [6, 6.07) is 11.6. The van der Waals surface area contributed by atoms with Crippen LogP contribution < -0.4 is 4.74 Å². The topological polar surface area (TPSA) is 121 Å². The van der Waals surface area contributed by atoms with Gasteiger partial charge in [0.15, 0.2) is 23.1 Å². The summed E-state index contributed by atoms with van der Waals surface area (Å²) in [5.41, 5.74) is 3.60. The standard InChI is InChI=1S/C33H31NO7/c1-3-41-27-15-19(6-11-25(27)36)28-21-9-10-22-29(23(21)16-24-26(37)14-17(2)31(38)30(24)28)33(40)34(32(22)39)13-12-18-4-7-20(35)8-5-18/h4-9,11,14-15,22-23,28-29,35-36H,3,10,12-13,16H2,1-2H3. The van der Waals surface area contributed by atoms with Crippen LogP contribution in [0.1, 0.15) is 43.7 Å². The highest BCUT2D eigenvalue weighted by Gasteiger charge is 2.56. The van der Waals surface area contributed by atoms with Gasteiger partial charge in [0.25, 0.3) is 0 Å². The van der Waals surface area contributed by atoms with E-state index in [9.17, 15) is 29.4 Å². The molecule has 0 bridgehead atoms. The normalized spacial score (nSPS) is 25.5. The Bertz CT molecular complexity index is 1580. The van der Waals surface area contributed by atoms with E-state index in [1.807, 2.05) is 6.08 Å². The molecule has 2 aromatic carbocycles. The number of rotatable bonds is 6. The van der Waals surface area contributed by atoms with E-state index >= 15 is 0 Å². The number of ketones is 2. The zero-order chi connectivity index (χ0) is 29.0. The van der Waals surface area contributed by atoms with Gasteiger partial charge in [-0.05, 0) is 80.5 Å². The minimum atomic E-state index is -0.628. The van der Waals surface area contributed by atoms with Gasteiger partial charge in [0.2, 0.25) is 11.8 Å². The lowest BCUT2D eigenvalue weighted by molar-refractivity contribution is -0.140. The Balaban J connectivity index is 1.39. The minimum absolute atomic E-state index is 0.0298. The summed E-state index contributed by atoms with van der Waals surface area (Å²) >= 11 is 0.